The smallest absolute Gasteiger partial charge is 0.261 e. The Balaban J connectivity index is 1.35. The van der Waals surface area contributed by atoms with E-state index in [0.717, 1.165) is 16.2 Å². The highest BCUT2D eigenvalue weighted by atomic mass is 16.2. The quantitative estimate of drug-likeness (QED) is 0.684. The molecule has 2 N–H and O–H groups in total. The molecule has 1 aliphatic heterocycles. The zero-order valence-electron chi connectivity index (χ0n) is 14.3. The van der Waals surface area contributed by atoms with Crippen molar-refractivity contribution in [3.63, 3.8) is 0 Å². The molecule has 7 heteroatoms. The van der Waals surface area contributed by atoms with Crippen molar-refractivity contribution in [2.24, 2.45) is 0 Å². The number of imidazole rings is 1. The minimum atomic E-state index is -0.354. The maximum Gasteiger partial charge on any atom is 0.261 e. The zero-order valence-corrected chi connectivity index (χ0v) is 14.3. The van der Waals surface area contributed by atoms with E-state index >= 15 is 0 Å². The Morgan fingerprint density at radius 1 is 1.00 bits per heavy atom. The highest BCUT2D eigenvalue weighted by Crippen LogP contribution is 2.23. The number of anilines is 1. The van der Waals surface area contributed by atoms with E-state index in [0.29, 0.717) is 16.8 Å². The normalized spacial score (nSPS) is 13.0. The molecule has 0 spiro atoms. The van der Waals surface area contributed by atoms with Crippen LogP contribution in [0.1, 0.15) is 27.1 Å². The van der Waals surface area contributed by atoms with Crippen molar-refractivity contribution in [3.8, 4) is 11.3 Å². The first-order valence-corrected chi connectivity index (χ1v) is 8.47. The van der Waals surface area contributed by atoms with E-state index in [1.54, 1.807) is 48.9 Å². The number of nitrogens with one attached hydrogen (secondary N) is 2. The van der Waals surface area contributed by atoms with Crippen molar-refractivity contribution in [3.05, 3.63) is 72.2 Å². The molecule has 0 bridgehead atoms. The number of carbonyl (C=O) groups excluding carboxylic acids is 3. The molecule has 4 rings (SSSR count). The lowest BCUT2D eigenvalue weighted by atomic mass is 10.1. The van der Waals surface area contributed by atoms with E-state index in [1.807, 2.05) is 12.1 Å². The van der Waals surface area contributed by atoms with Crippen molar-refractivity contribution in [1.82, 2.24) is 14.9 Å². The summed E-state index contributed by atoms with van der Waals surface area (Å²) in [7, 11) is 0. The van der Waals surface area contributed by atoms with Gasteiger partial charge in [0.2, 0.25) is 5.91 Å². The molecular formula is C20H16N4O3. The summed E-state index contributed by atoms with van der Waals surface area (Å²) < 4.78 is 0. The van der Waals surface area contributed by atoms with E-state index in [9.17, 15) is 14.4 Å². The first-order chi connectivity index (χ1) is 13.1. The van der Waals surface area contributed by atoms with Crippen molar-refractivity contribution >= 4 is 23.4 Å². The SMILES string of the molecule is O=C(CCN1C(=O)c2ccccc2C1=O)Nc1ccc(-c2cnc[nH]2)cc1. The van der Waals surface area contributed by atoms with Gasteiger partial charge in [0.1, 0.15) is 0 Å². The third kappa shape index (κ3) is 3.22. The molecule has 0 radical (unpaired) electrons. The van der Waals surface area contributed by atoms with Gasteiger partial charge in [-0.25, -0.2) is 4.98 Å². The van der Waals surface area contributed by atoms with Crippen LogP contribution < -0.4 is 5.32 Å². The van der Waals surface area contributed by atoms with Crippen LogP contribution in [0.25, 0.3) is 11.3 Å². The topological polar surface area (TPSA) is 95.2 Å². The maximum absolute atomic E-state index is 12.3. The van der Waals surface area contributed by atoms with Gasteiger partial charge in [0.25, 0.3) is 11.8 Å². The molecule has 1 aromatic heterocycles. The number of imide groups is 1. The standard InChI is InChI=1S/C20H16N4O3/c25-18(23-14-7-5-13(6-8-14)17-11-21-12-22-17)9-10-24-19(26)15-3-1-2-4-16(15)20(24)27/h1-8,11-12H,9-10H2,(H,21,22)(H,23,25). The highest BCUT2D eigenvalue weighted by molar-refractivity contribution is 6.21. The van der Waals surface area contributed by atoms with Gasteiger partial charge in [0, 0.05) is 18.7 Å². The molecule has 134 valence electrons. The zero-order chi connectivity index (χ0) is 18.8. The van der Waals surface area contributed by atoms with Crippen LogP contribution >= 0.6 is 0 Å². The number of rotatable bonds is 5. The van der Waals surface area contributed by atoms with Crippen LogP contribution in [-0.2, 0) is 4.79 Å². The Morgan fingerprint density at radius 3 is 2.26 bits per heavy atom. The van der Waals surface area contributed by atoms with Crippen molar-refractivity contribution in [2.45, 2.75) is 6.42 Å². The molecule has 3 amide bonds. The number of fused-ring (bicyclic) bond motifs is 1. The number of aromatic nitrogens is 2. The van der Waals surface area contributed by atoms with Crippen LogP contribution in [-0.4, -0.2) is 39.1 Å². The van der Waals surface area contributed by atoms with Gasteiger partial charge < -0.3 is 10.3 Å². The van der Waals surface area contributed by atoms with Gasteiger partial charge >= 0.3 is 0 Å². The number of benzene rings is 2. The van der Waals surface area contributed by atoms with Gasteiger partial charge in [-0.2, -0.15) is 0 Å². The average molecular weight is 360 g/mol. The number of aromatic amines is 1. The summed E-state index contributed by atoms with van der Waals surface area (Å²) in [5.41, 5.74) is 3.26. The van der Waals surface area contributed by atoms with E-state index in [2.05, 4.69) is 15.3 Å². The summed E-state index contributed by atoms with van der Waals surface area (Å²) in [5, 5.41) is 2.78. The highest BCUT2D eigenvalue weighted by Gasteiger charge is 2.34. The van der Waals surface area contributed by atoms with E-state index in [1.165, 1.54) is 0 Å². The summed E-state index contributed by atoms with van der Waals surface area (Å²) in [6.07, 6.45) is 3.35. The first-order valence-electron chi connectivity index (χ1n) is 8.47. The van der Waals surface area contributed by atoms with E-state index < -0.39 is 0 Å². The van der Waals surface area contributed by atoms with Crippen LogP contribution in [0.4, 0.5) is 5.69 Å². The van der Waals surface area contributed by atoms with Crippen LogP contribution in [0.2, 0.25) is 0 Å². The first kappa shape index (κ1) is 16.7. The fourth-order valence-electron chi connectivity index (χ4n) is 3.03. The second-order valence-electron chi connectivity index (χ2n) is 6.15. The van der Waals surface area contributed by atoms with Crippen LogP contribution in [0, 0.1) is 0 Å². The molecule has 27 heavy (non-hydrogen) atoms. The Bertz CT molecular complexity index is 975. The van der Waals surface area contributed by atoms with Crippen molar-refractivity contribution in [2.75, 3.05) is 11.9 Å². The molecule has 3 aromatic rings. The van der Waals surface area contributed by atoms with Crippen molar-refractivity contribution in [1.29, 1.82) is 0 Å². The Kier molecular flexibility index (Phi) is 4.25. The van der Waals surface area contributed by atoms with E-state index in [-0.39, 0.29) is 30.7 Å². The molecule has 0 atom stereocenters. The Hall–Kier alpha value is -3.74. The minimum absolute atomic E-state index is 0.0355. The molecule has 0 saturated heterocycles. The molecule has 0 unspecified atom stereocenters. The largest absolute Gasteiger partial charge is 0.345 e. The summed E-state index contributed by atoms with van der Waals surface area (Å²) in [5.74, 6) is -0.972. The predicted molar refractivity (Wildman–Crippen MR) is 99.1 cm³/mol. The number of carbonyl (C=O) groups is 3. The molecule has 0 fully saturated rings. The number of H-pyrrole nitrogens is 1. The fraction of sp³-hybridized carbons (Fsp3) is 0.100. The molecular weight excluding hydrogens is 344 g/mol. The van der Waals surface area contributed by atoms with Gasteiger partial charge in [0.15, 0.2) is 0 Å². The van der Waals surface area contributed by atoms with Crippen LogP contribution in [0.15, 0.2) is 61.1 Å². The summed E-state index contributed by atoms with van der Waals surface area (Å²) in [6, 6.07) is 14.0. The van der Waals surface area contributed by atoms with Crippen LogP contribution in [0.5, 0.6) is 0 Å². The third-order valence-electron chi connectivity index (χ3n) is 4.42. The third-order valence-corrected chi connectivity index (χ3v) is 4.42. The fourth-order valence-corrected chi connectivity index (χ4v) is 3.03. The van der Waals surface area contributed by atoms with Gasteiger partial charge in [0.05, 0.1) is 29.3 Å². The predicted octanol–water partition coefficient (Wildman–Crippen LogP) is 2.70. The number of amides is 3. The minimum Gasteiger partial charge on any atom is -0.345 e. The maximum atomic E-state index is 12.3. The Morgan fingerprint density at radius 2 is 1.67 bits per heavy atom. The second-order valence-corrected chi connectivity index (χ2v) is 6.15. The molecule has 7 nitrogen and oxygen atoms in total. The summed E-state index contributed by atoms with van der Waals surface area (Å²) in [6.45, 7) is 0.0460. The molecule has 2 aromatic carbocycles. The van der Waals surface area contributed by atoms with Gasteiger partial charge in [-0.15, -0.1) is 0 Å². The number of hydrogen-bond donors (Lipinski definition) is 2. The van der Waals surface area contributed by atoms with Gasteiger partial charge in [-0.3, -0.25) is 19.3 Å². The molecule has 2 heterocycles. The van der Waals surface area contributed by atoms with Gasteiger partial charge in [-0.05, 0) is 29.8 Å². The lowest BCUT2D eigenvalue weighted by molar-refractivity contribution is -0.116. The summed E-state index contributed by atoms with van der Waals surface area (Å²) in [4.78, 5) is 44.9. The molecule has 1 aliphatic rings. The number of nitrogens with zero attached hydrogens (tertiary/aromatic N) is 2. The van der Waals surface area contributed by atoms with Gasteiger partial charge in [-0.1, -0.05) is 24.3 Å². The lowest BCUT2D eigenvalue weighted by Gasteiger charge is -2.13. The number of hydrogen-bond acceptors (Lipinski definition) is 4. The Labute approximate surface area is 155 Å². The monoisotopic (exact) mass is 360 g/mol. The van der Waals surface area contributed by atoms with Crippen LogP contribution in [0.3, 0.4) is 0 Å². The average Bonchev–Trinajstić information content (AvgIpc) is 3.30. The molecule has 0 saturated carbocycles. The second kappa shape index (κ2) is 6.87. The summed E-state index contributed by atoms with van der Waals surface area (Å²) >= 11 is 0. The van der Waals surface area contributed by atoms with Crippen molar-refractivity contribution < 1.29 is 14.4 Å². The molecule has 0 aliphatic carbocycles. The van der Waals surface area contributed by atoms with E-state index in [4.69, 9.17) is 0 Å². The lowest BCUT2D eigenvalue weighted by Crippen LogP contribution is -2.32.